The van der Waals surface area contributed by atoms with Crippen LogP contribution in [0.5, 0.6) is 0 Å². The van der Waals surface area contributed by atoms with E-state index in [2.05, 4.69) is 0 Å². The van der Waals surface area contributed by atoms with Crippen molar-refractivity contribution in [2.24, 2.45) is 0 Å². The second kappa shape index (κ2) is 8.43. The maximum Gasteiger partial charge on any atom is 0.139 e. The fourth-order valence-electron chi connectivity index (χ4n) is 1.93. The number of thiophene rings is 2. The van der Waals surface area contributed by atoms with Gasteiger partial charge >= 0.3 is 0 Å². The normalized spacial score (nSPS) is 18.2. The lowest BCUT2D eigenvalue weighted by molar-refractivity contribution is -0.0996. The van der Waals surface area contributed by atoms with E-state index >= 15 is 0 Å². The van der Waals surface area contributed by atoms with E-state index in [9.17, 15) is 30.6 Å². The highest BCUT2D eigenvalue weighted by atomic mass is 32.1. The van der Waals surface area contributed by atoms with Crippen molar-refractivity contribution >= 4 is 34.8 Å². The molecule has 0 saturated heterocycles. The fraction of sp³-hybridized carbons (Fsp3) is 0.250. The molecule has 0 spiro atoms. The molecule has 0 saturated carbocycles. The van der Waals surface area contributed by atoms with Crippen LogP contribution >= 0.6 is 22.7 Å². The van der Waals surface area contributed by atoms with Gasteiger partial charge in [0.2, 0.25) is 0 Å². The first-order valence-corrected chi connectivity index (χ1v) is 8.76. The van der Waals surface area contributed by atoms with E-state index in [4.69, 9.17) is 0 Å². The number of hydrogen-bond donors (Lipinski definition) is 6. The minimum Gasteiger partial charge on any atom is -0.509 e. The average molecular weight is 370 g/mol. The molecule has 6 nitrogen and oxygen atoms in total. The molecule has 2 aromatic heterocycles. The van der Waals surface area contributed by atoms with Crippen molar-refractivity contribution in [3.05, 3.63) is 56.3 Å². The zero-order valence-electron chi connectivity index (χ0n) is 12.4. The lowest BCUT2D eigenvalue weighted by atomic mass is 10.00. The Hall–Kier alpha value is -1.68. The van der Waals surface area contributed by atoms with Crippen LogP contribution in [-0.4, -0.2) is 55.1 Å². The summed E-state index contributed by atoms with van der Waals surface area (Å²) in [6.07, 6.45) is -4.92. The maximum absolute atomic E-state index is 9.94. The topological polar surface area (TPSA) is 121 Å². The predicted molar refractivity (Wildman–Crippen MR) is 93.9 cm³/mol. The lowest BCUT2D eigenvalue weighted by Gasteiger charge is -2.25. The molecule has 4 atom stereocenters. The van der Waals surface area contributed by atoms with Crippen LogP contribution < -0.4 is 0 Å². The third-order valence-electron chi connectivity index (χ3n) is 3.27. The molecule has 0 radical (unpaired) electrons. The van der Waals surface area contributed by atoms with Gasteiger partial charge in [-0.2, -0.15) is 0 Å². The Morgan fingerprint density at radius 2 is 1.12 bits per heavy atom. The van der Waals surface area contributed by atoms with Crippen LogP contribution in [0.4, 0.5) is 0 Å². The highest BCUT2D eigenvalue weighted by molar-refractivity contribution is 7.11. The first-order valence-electron chi connectivity index (χ1n) is 7.00. The summed E-state index contributed by atoms with van der Waals surface area (Å²) in [5.41, 5.74) is 0. The second-order valence-electron chi connectivity index (χ2n) is 5.04. The summed E-state index contributed by atoms with van der Waals surface area (Å²) in [5.74, 6) is -1.11. The van der Waals surface area contributed by atoms with E-state index in [1.165, 1.54) is 34.8 Å². The van der Waals surface area contributed by atoms with E-state index in [-0.39, 0.29) is 0 Å². The average Bonchev–Trinajstić information content (AvgIpc) is 3.25. The van der Waals surface area contributed by atoms with Crippen LogP contribution in [0.2, 0.25) is 0 Å². The van der Waals surface area contributed by atoms with Gasteiger partial charge < -0.3 is 30.6 Å². The van der Waals surface area contributed by atoms with Crippen LogP contribution in [-0.2, 0) is 0 Å². The van der Waals surface area contributed by atoms with Crippen LogP contribution in [0.25, 0.3) is 12.2 Å². The third kappa shape index (κ3) is 4.67. The first kappa shape index (κ1) is 18.7. The first-order chi connectivity index (χ1) is 11.4. The van der Waals surface area contributed by atoms with Gasteiger partial charge in [0.1, 0.15) is 35.9 Å². The maximum atomic E-state index is 9.94. The Bertz CT molecular complexity index is 617. The van der Waals surface area contributed by atoms with Gasteiger partial charge in [0.05, 0.1) is 0 Å². The van der Waals surface area contributed by atoms with Crippen molar-refractivity contribution in [1.82, 2.24) is 0 Å². The highest BCUT2D eigenvalue weighted by Gasteiger charge is 2.34. The Labute approximate surface area is 146 Å². The summed E-state index contributed by atoms with van der Waals surface area (Å²) in [6.45, 7) is 0. The lowest BCUT2D eigenvalue weighted by Crippen LogP contribution is -2.45. The molecule has 0 aliphatic rings. The Balaban J connectivity index is 2.05. The summed E-state index contributed by atoms with van der Waals surface area (Å²) in [7, 11) is 0. The number of aliphatic hydroxyl groups is 6. The van der Waals surface area contributed by atoms with Gasteiger partial charge in [-0.1, -0.05) is 12.1 Å². The van der Waals surface area contributed by atoms with Gasteiger partial charge in [0.25, 0.3) is 0 Å². The highest BCUT2D eigenvalue weighted by Crippen LogP contribution is 2.20. The van der Waals surface area contributed by atoms with E-state index in [1.807, 2.05) is 0 Å². The quantitative estimate of drug-likeness (QED) is 0.413. The summed E-state index contributed by atoms with van der Waals surface area (Å²) in [4.78, 5) is 1.29. The molecule has 0 amide bonds. The standard InChI is InChI=1S/C16H18O6S2/c17-11(7-9-3-1-5-23-9)13(19)15(21)16(22)14(20)12(18)8-10-4-2-6-24-10/h1-8,13-22H/t13-,14+,15-,16-/m1/s1. The monoisotopic (exact) mass is 370 g/mol. The second-order valence-corrected chi connectivity index (χ2v) is 7.00. The molecule has 2 heterocycles. The van der Waals surface area contributed by atoms with Gasteiger partial charge in [-0.05, 0) is 35.0 Å². The van der Waals surface area contributed by atoms with E-state index in [1.54, 1.807) is 35.0 Å². The van der Waals surface area contributed by atoms with Crippen molar-refractivity contribution in [1.29, 1.82) is 0 Å². The van der Waals surface area contributed by atoms with Crippen molar-refractivity contribution in [2.75, 3.05) is 0 Å². The van der Waals surface area contributed by atoms with E-state index in [0.29, 0.717) is 9.75 Å². The minimum absolute atomic E-state index is 0.557. The summed E-state index contributed by atoms with van der Waals surface area (Å²) in [5, 5.41) is 62.9. The predicted octanol–water partition coefficient (Wildman–Crippen LogP) is 1.75. The Kier molecular flexibility index (Phi) is 6.55. The zero-order chi connectivity index (χ0) is 17.7. The molecule has 8 heteroatoms. The summed E-state index contributed by atoms with van der Waals surface area (Å²) >= 11 is 2.63. The van der Waals surface area contributed by atoms with Crippen molar-refractivity contribution < 1.29 is 30.6 Å². The van der Waals surface area contributed by atoms with Gasteiger partial charge in [-0.15, -0.1) is 22.7 Å². The largest absolute Gasteiger partial charge is 0.509 e. The molecule has 0 aliphatic heterocycles. The van der Waals surface area contributed by atoms with Gasteiger partial charge in [0, 0.05) is 9.75 Å². The molecule has 6 N–H and O–H groups in total. The van der Waals surface area contributed by atoms with Gasteiger partial charge in [-0.25, -0.2) is 0 Å². The molecule has 0 fully saturated rings. The molecule has 2 rings (SSSR count). The Morgan fingerprint density at radius 3 is 1.42 bits per heavy atom. The van der Waals surface area contributed by atoms with Crippen LogP contribution in [0.15, 0.2) is 46.5 Å². The Morgan fingerprint density at radius 1 is 0.750 bits per heavy atom. The minimum atomic E-state index is -1.89. The zero-order valence-corrected chi connectivity index (χ0v) is 14.1. The van der Waals surface area contributed by atoms with Gasteiger partial charge in [-0.3, -0.25) is 0 Å². The molecule has 0 aliphatic carbocycles. The third-order valence-corrected chi connectivity index (χ3v) is 4.91. The SMILES string of the molecule is OC(=Cc1cccs1)[C@@H](O)[C@@H](O)[C@H](O)[C@@H](O)C(O)=Cc1cccs1. The number of hydrogen-bond acceptors (Lipinski definition) is 8. The van der Waals surface area contributed by atoms with Crippen molar-refractivity contribution in [2.45, 2.75) is 24.4 Å². The molecule has 130 valence electrons. The number of rotatable bonds is 7. The fourth-order valence-corrected chi connectivity index (χ4v) is 3.25. The summed E-state index contributed by atoms with van der Waals surface area (Å²) in [6, 6.07) is 6.89. The summed E-state index contributed by atoms with van der Waals surface area (Å²) < 4.78 is 0. The molecule has 24 heavy (non-hydrogen) atoms. The molecule has 0 unspecified atom stereocenters. The molecule has 0 bridgehead atoms. The van der Waals surface area contributed by atoms with Gasteiger partial charge in [0.15, 0.2) is 0 Å². The number of aliphatic hydroxyl groups excluding tert-OH is 6. The van der Waals surface area contributed by atoms with Crippen LogP contribution in [0.3, 0.4) is 0 Å². The van der Waals surface area contributed by atoms with Crippen LogP contribution in [0.1, 0.15) is 9.75 Å². The van der Waals surface area contributed by atoms with Crippen LogP contribution in [0, 0.1) is 0 Å². The molecule has 2 aromatic rings. The van der Waals surface area contributed by atoms with Crippen molar-refractivity contribution in [3.63, 3.8) is 0 Å². The molecular weight excluding hydrogens is 352 g/mol. The molecule has 0 aromatic carbocycles. The molecular formula is C16H18O6S2. The van der Waals surface area contributed by atoms with E-state index in [0.717, 1.165) is 0 Å². The smallest absolute Gasteiger partial charge is 0.139 e. The van der Waals surface area contributed by atoms with E-state index < -0.39 is 35.9 Å². The van der Waals surface area contributed by atoms with Crippen molar-refractivity contribution in [3.8, 4) is 0 Å².